The average molecular weight is 193 g/mol. The number of pyridine rings is 1. The molecule has 0 aliphatic rings. The number of likely N-dealkylation sites (N-methyl/N-ethyl adjacent to an activating group) is 1. The van der Waals surface area contributed by atoms with E-state index in [2.05, 4.69) is 42.5 Å². The van der Waals surface area contributed by atoms with Gasteiger partial charge in [0, 0.05) is 18.8 Å². The zero-order valence-electron chi connectivity index (χ0n) is 9.39. The van der Waals surface area contributed by atoms with Crippen molar-refractivity contribution in [2.45, 2.75) is 26.8 Å². The van der Waals surface area contributed by atoms with E-state index in [1.54, 1.807) is 0 Å². The van der Waals surface area contributed by atoms with Crippen molar-refractivity contribution in [2.24, 2.45) is 0 Å². The molecule has 1 atom stereocenters. The lowest BCUT2D eigenvalue weighted by Crippen LogP contribution is -2.29. The van der Waals surface area contributed by atoms with E-state index in [1.807, 2.05) is 13.2 Å². The maximum Gasteiger partial charge on any atom is 0.128 e. The molecule has 0 bridgehead atoms. The molecule has 1 unspecified atom stereocenters. The average Bonchev–Trinajstić information content (AvgIpc) is 2.16. The van der Waals surface area contributed by atoms with E-state index in [-0.39, 0.29) is 0 Å². The van der Waals surface area contributed by atoms with Crippen LogP contribution in [0.4, 0.5) is 5.82 Å². The fourth-order valence-electron chi connectivity index (χ4n) is 1.25. The van der Waals surface area contributed by atoms with Crippen LogP contribution in [-0.2, 0) is 0 Å². The summed E-state index contributed by atoms with van der Waals surface area (Å²) in [7, 11) is 1.96. The van der Waals surface area contributed by atoms with Gasteiger partial charge in [-0.05, 0) is 38.9 Å². The highest BCUT2D eigenvalue weighted by atomic mass is 15.0. The minimum Gasteiger partial charge on any atom is -0.368 e. The van der Waals surface area contributed by atoms with Gasteiger partial charge < -0.3 is 10.6 Å². The summed E-state index contributed by atoms with van der Waals surface area (Å²) >= 11 is 0. The van der Waals surface area contributed by atoms with Crippen LogP contribution in [0.3, 0.4) is 0 Å². The van der Waals surface area contributed by atoms with Gasteiger partial charge in [-0.15, -0.1) is 0 Å². The third-order valence-electron chi connectivity index (χ3n) is 2.28. The van der Waals surface area contributed by atoms with E-state index in [1.165, 1.54) is 11.1 Å². The molecule has 0 aromatic carbocycles. The number of aromatic nitrogens is 1. The van der Waals surface area contributed by atoms with Crippen LogP contribution >= 0.6 is 0 Å². The third kappa shape index (κ3) is 3.00. The van der Waals surface area contributed by atoms with Gasteiger partial charge in [-0.1, -0.05) is 6.07 Å². The van der Waals surface area contributed by atoms with E-state index in [9.17, 15) is 0 Å². The highest BCUT2D eigenvalue weighted by Gasteiger charge is 2.01. The summed E-state index contributed by atoms with van der Waals surface area (Å²) in [6, 6.07) is 2.59. The largest absolute Gasteiger partial charge is 0.368 e. The highest BCUT2D eigenvalue weighted by Crippen LogP contribution is 2.11. The van der Waals surface area contributed by atoms with Crippen LogP contribution < -0.4 is 10.6 Å². The van der Waals surface area contributed by atoms with Gasteiger partial charge in [0.05, 0.1) is 0 Å². The molecule has 1 heterocycles. The first-order valence-electron chi connectivity index (χ1n) is 4.98. The molecule has 0 saturated heterocycles. The second kappa shape index (κ2) is 4.96. The Hall–Kier alpha value is -1.09. The summed E-state index contributed by atoms with van der Waals surface area (Å²) in [4.78, 5) is 4.35. The molecule has 0 fully saturated rings. The van der Waals surface area contributed by atoms with Gasteiger partial charge >= 0.3 is 0 Å². The molecule has 3 heteroatoms. The molecule has 78 valence electrons. The summed E-state index contributed by atoms with van der Waals surface area (Å²) < 4.78 is 0. The molecule has 2 N–H and O–H groups in total. The fraction of sp³-hybridized carbons (Fsp3) is 0.545. The molecule has 3 nitrogen and oxygen atoms in total. The molecule has 0 radical (unpaired) electrons. The maximum absolute atomic E-state index is 4.35. The lowest BCUT2D eigenvalue weighted by molar-refractivity contribution is 0.637. The molecule has 1 aromatic heterocycles. The van der Waals surface area contributed by atoms with Crippen molar-refractivity contribution >= 4 is 5.82 Å². The Bertz CT molecular complexity index is 297. The molecule has 0 saturated carbocycles. The van der Waals surface area contributed by atoms with Crippen molar-refractivity contribution < 1.29 is 0 Å². The number of anilines is 1. The Balaban J connectivity index is 2.59. The normalized spacial score (nSPS) is 12.6. The Morgan fingerprint density at radius 1 is 1.43 bits per heavy atom. The van der Waals surface area contributed by atoms with E-state index in [4.69, 9.17) is 0 Å². The van der Waals surface area contributed by atoms with Crippen LogP contribution in [0.1, 0.15) is 18.1 Å². The monoisotopic (exact) mass is 193 g/mol. The fourth-order valence-corrected chi connectivity index (χ4v) is 1.25. The van der Waals surface area contributed by atoms with Crippen molar-refractivity contribution in [1.29, 1.82) is 0 Å². The van der Waals surface area contributed by atoms with Crippen molar-refractivity contribution in [1.82, 2.24) is 10.3 Å². The van der Waals surface area contributed by atoms with Crippen LogP contribution in [0.5, 0.6) is 0 Å². The van der Waals surface area contributed by atoms with Gasteiger partial charge in [0.2, 0.25) is 0 Å². The van der Waals surface area contributed by atoms with E-state index in [0.29, 0.717) is 6.04 Å². The molecular formula is C11H19N3. The lowest BCUT2D eigenvalue weighted by atomic mass is 10.2. The van der Waals surface area contributed by atoms with Gasteiger partial charge in [-0.25, -0.2) is 4.98 Å². The lowest BCUT2D eigenvalue weighted by Gasteiger charge is -2.13. The minimum atomic E-state index is 0.456. The van der Waals surface area contributed by atoms with Gasteiger partial charge in [0.15, 0.2) is 0 Å². The molecule has 0 amide bonds. The van der Waals surface area contributed by atoms with E-state index < -0.39 is 0 Å². The van der Waals surface area contributed by atoms with Crippen LogP contribution in [0.25, 0.3) is 0 Å². The van der Waals surface area contributed by atoms with Gasteiger partial charge in [-0.3, -0.25) is 0 Å². The van der Waals surface area contributed by atoms with Crippen molar-refractivity contribution in [3.63, 3.8) is 0 Å². The predicted molar refractivity (Wildman–Crippen MR) is 60.7 cm³/mol. The van der Waals surface area contributed by atoms with Crippen molar-refractivity contribution in [2.75, 3.05) is 18.9 Å². The van der Waals surface area contributed by atoms with E-state index >= 15 is 0 Å². The zero-order chi connectivity index (χ0) is 10.6. The van der Waals surface area contributed by atoms with Crippen LogP contribution in [-0.4, -0.2) is 24.6 Å². The molecular weight excluding hydrogens is 174 g/mol. The van der Waals surface area contributed by atoms with Crippen LogP contribution in [0.15, 0.2) is 12.3 Å². The van der Waals surface area contributed by atoms with E-state index in [0.717, 1.165) is 12.4 Å². The molecule has 14 heavy (non-hydrogen) atoms. The zero-order valence-corrected chi connectivity index (χ0v) is 9.39. The Kier molecular flexibility index (Phi) is 3.89. The van der Waals surface area contributed by atoms with Crippen LogP contribution in [0, 0.1) is 13.8 Å². The second-order valence-corrected chi connectivity index (χ2v) is 3.75. The standard InChI is InChI=1S/C11H19N3/c1-8-5-9(2)11(13-6-8)14-7-10(3)12-4/h5-6,10,12H,7H2,1-4H3,(H,13,14). The Morgan fingerprint density at radius 3 is 2.71 bits per heavy atom. The first-order valence-corrected chi connectivity index (χ1v) is 4.98. The summed E-state index contributed by atoms with van der Waals surface area (Å²) in [6.45, 7) is 7.16. The first-order chi connectivity index (χ1) is 6.63. The molecule has 0 aliphatic heterocycles. The third-order valence-corrected chi connectivity index (χ3v) is 2.28. The van der Waals surface area contributed by atoms with Crippen LogP contribution in [0.2, 0.25) is 0 Å². The number of nitrogens with zero attached hydrogens (tertiary/aromatic N) is 1. The SMILES string of the molecule is CNC(C)CNc1ncc(C)cc1C. The highest BCUT2D eigenvalue weighted by molar-refractivity contribution is 5.44. The van der Waals surface area contributed by atoms with Crippen molar-refractivity contribution in [3.05, 3.63) is 23.4 Å². The molecule has 1 aromatic rings. The summed E-state index contributed by atoms with van der Waals surface area (Å²) in [5, 5.41) is 6.49. The van der Waals surface area contributed by atoms with Gasteiger partial charge in [0.25, 0.3) is 0 Å². The van der Waals surface area contributed by atoms with Gasteiger partial charge in [-0.2, -0.15) is 0 Å². The first kappa shape index (κ1) is 11.0. The molecule has 0 aliphatic carbocycles. The second-order valence-electron chi connectivity index (χ2n) is 3.75. The number of nitrogens with one attached hydrogen (secondary N) is 2. The summed E-state index contributed by atoms with van der Waals surface area (Å²) in [6.07, 6.45) is 1.89. The smallest absolute Gasteiger partial charge is 0.128 e. The summed E-state index contributed by atoms with van der Waals surface area (Å²) in [5.74, 6) is 0.984. The quantitative estimate of drug-likeness (QED) is 0.764. The number of hydrogen-bond acceptors (Lipinski definition) is 3. The van der Waals surface area contributed by atoms with Gasteiger partial charge in [0.1, 0.15) is 5.82 Å². The topological polar surface area (TPSA) is 37.0 Å². The molecule has 1 rings (SSSR count). The Morgan fingerprint density at radius 2 is 2.14 bits per heavy atom. The predicted octanol–water partition coefficient (Wildman–Crippen LogP) is 1.72. The molecule has 0 spiro atoms. The number of rotatable bonds is 4. The Labute approximate surface area is 85.9 Å². The van der Waals surface area contributed by atoms with Crippen molar-refractivity contribution in [3.8, 4) is 0 Å². The summed E-state index contributed by atoms with van der Waals surface area (Å²) in [5.41, 5.74) is 2.41. The number of aryl methyl sites for hydroxylation is 2. The number of hydrogen-bond donors (Lipinski definition) is 2. The minimum absolute atomic E-state index is 0.456. The maximum atomic E-state index is 4.35.